The molecule has 4 heteroatoms. The lowest BCUT2D eigenvalue weighted by molar-refractivity contribution is -0.133. The number of amides is 1. The van der Waals surface area contributed by atoms with Gasteiger partial charge in [0.15, 0.2) is 0 Å². The number of anilines is 1. The molecular formula is C19H32N2O2. The standard InChI is InChI=1S/C19H32N2O2/c1-3-5-6-7-8-12-21(4-2)19(23)15-18(22)14-16-10-9-11-17(20)13-16/h9-11,13,18,22H,3-8,12,14-15,20H2,1-2H3. The van der Waals surface area contributed by atoms with Crippen LogP contribution in [-0.2, 0) is 11.2 Å². The van der Waals surface area contributed by atoms with E-state index in [2.05, 4.69) is 6.92 Å². The Balaban J connectivity index is 2.36. The Hall–Kier alpha value is -1.55. The van der Waals surface area contributed by atoms with Crippen LogP contribution < -0.4 is 5.73 Å². The molecule has 1 aromatic rings. The van der Waals surface area contributed by atoms with Gasteiger partial charge in [0.25, 0.3) is 0 Å². The molecule has 0 aromatic heterocycles. The van der Waals surface area contributed by atoms with Gasteiger partial charge in [0, 0.05) is 18.8 Å². The quantitative estimate of drug-likeness (QED) is 0.485. The van der Waals surface area contributed by atoms with Crippen molar-refractivity contribution in [3.63, 3.8) is 0 Å². The number of nitrogens with zero attached hydrogens (tertiary/aromatic N) is 1. The van der Waals surface area contributed by atoms with Crippen LogP contribution in [0.3, 0.4) is 0 Å². The topological polar surface area (TPSA) is 66.6 Å². The maximum atomic E-state index is 12.3. The van der Waals surface area contributed by atoms with Crippen molar-refractivity contribution in [1.29, 1.82) is 0 Å². The van der Waals surface area contributed by atoms with E-state index in [4.69, 9.17) is 5.73 Å². The van der Waals surface area contributed by atoms with Crippen LogP contribution in [0.1, 0.15) is 57.9 Å². The summed E-state index contributed by atoms with van der Waals surface area (Å²) in [5.74, 6) is 0.0411. The first kappa shape index (κ1) is 19.5. The minimum atomic E-state index is -0.654. The van der Waals surface area contributed by atoms with E-state index in [1.165, 1.54) is 25.7 Å². The average Bonchev–Trinajstić information content (AvgIpc) is 2.50. The first-order valence-electron chi connectivity index (χ1n) is 8.87. The van der Waals surface area contributed by atoms with Gasteiger partial charge in [-0.05, 0) is 37.5 Å². The Morgan fingerprint density at radius 1 is 1.22 bits per heavy atom. The smallest absolute Gasteiger partial charge is 0.225 e. The fourth-order valence-corrected chi connectivity index (χ4v) is 2.76. The van der Waals surface area contributed by atoms with Gasteiger partial charge in [0.05, 0.1) is 12.5 Å². The molecule has 0 spiro atoms. The van der Waals surface area contributed by atoms with Crippen LogP contribution in [0.5, 0.6) is 0 Å². The van der Waals surface area contributed by atoms with E-state index in [0.29, 0.717) is 18.7 Å². The summed E-state index contributed by atoms with van der Waals surface area (Å²) in [6.45, 7) is 5.69. The molecule has 1 aromatic carbocycles. The number of benzene rings is 1. The molecule has 0 aliphatic carbocycles. The maximum absolute atomic E-state index is 12.3. The normalized spacial score (nSPS) is 12.1. The van der Waals surface area contributed by atoms with Crippen molar-refractivity contribution in [3.8, 4) is 0 Å². The average molecular weight is 320 g/mol. The Morgan fingerprint density at radius 3 is 2.61 bits per heavy atom. The molecule has 0 aliphatic heterocycles. The first-order valence-corrected chi connectivity index (χ1v) is 8.87. The van der Waals surface area contributed by atoms with Crippen molar-refractivity contribution in [2.45, 2.75) is 64.9 Å². The highest BCUT2D eigenvalue weighted by atomic mass is 16.3. The van der Waals surface area contributed by atoms with Gasteiger partial charge in [-0.2, -0.15) is 0 Å². The number of nitrogens with two attached hydrogens (primary N) is 1. The molecule has 0 saturated carbocycles. The SMILES string of the molecule is CCCCCCCN(CC)C(=O)CC(O)Cc1cccc(N)c1. The van der Waals surface area contributed by atoms with E-state index in [1.54, 1.807) is 0 Å². The van der Waals surface area contributed by atoms with E-state index in [-0.39, 0.29) is 12.3 Å². The van der Waals surface area contributed by atoms with E-state index in [0.717, 1.165) is 18.5 Å². The summed E-state index contributed by atoms with van der Waals surface area (Å²) >= 11 is 0. The van der Waals surface area contributed by atoms with E-state index >= 15 is 0 Å². The molecule has 0 fully saturated rings. The van der Waals surface area contributed by atoms with Gasteiger partial charge in [0.1, 0.15) is 0 Å². The zero-order valence-corrected chi connectivity index (χ0v) is 14.6. The summed E-state index contributed by atoms with van der Waals surface area (Å²) in [4.78, 5) is 14.2. The highest BCUT2D eigenvalue weighted by Gasteiger charge is 2.16. The Kier molecular flexibility index (Phi) is 9.37. The second-order valence-electron chi connectivity index (χ2n) is 6.19. The van der Waals surface area contributed by atoms with Crippen molar-refractivity contribution >= 4 is 11.6 Å². The van der Waals surface area contributed by atoms with Gasteiger partial charge in [-0.1, -0.05) is 44.7 Å². The predicted molar refractivity (Wildman–Crippen MR) is 96.2 cm³/mol. The molecule has 1 amide bonds. The Morgan fingerprint density at radius 2 is 1.96 bits per heavy atom. The molecular weight excluding hydrogens is 288 g/mol. The molecule has 130 valence electrons. The molecule has 0 bridgehead atoms. The second-order valence-corrected chi connectivity index (χ2v) is 6.19. The number of hydrogen-bond donors (Lipinski definition) is 2. The van der Waals surface area contributed by atoms with Crippen molar-refractivity contribution in [2.75, 3.05) is 18.8 Å². The monoisotopic (exact) mass is 320 g/mol. The highest BCUT2D eigenvalue weighted by Crippen LogP contribution is 2.12. The molecule has 3 N–H and O–H groups in total. The summed E-state index contributed by atoms with van der Waals surface area (Å²) in [6, 6.07) is 7.46. The summed E-state index contributed by atoms with van der Waals surface area (Å²) in [5.41, 5.74) is 7.39. The van der Waals surface area contributed by atoms with Crippen molar-refractivity contribution in [2.24, 2.45) is 0 Å². The zero-order chi connectivity index (χ0) is 17.1. The molecule has 4 nitrogen and oxygen atoms in total. The first-order chi connectivity index (χ1) is 11.1. The summed E-state index contributed by atoms with van der Waals surface area (Å²) in [6.07, 6.45) is 5.93. The fourth-order valence-electron chi connectivity index (χ4n) is 2.76. The third-order valence-corrected chi connectivity index (χ3v) is 4.10. The fraction of sp³-hybridized carbons (Fsp3) is 0.632. The summed E-state index contributed by atoms with van der Waals surface area (Å²) in [5, 5.41) is 10.2. The van der Waals surface area contributed by atoms with Crippen LogP contribution in [0.4, 0.5) is 5.69 Å². The third kappa shape index (κ3) is 8.03. The van der Waals surface area contributed by atoms with Gasteiger partial charge in [-0.25, -0.2) is 0 Å². The predicted octanol–water partition coefficient (Wildman–Crippen LogP) is 3.38. The molecule has 0 radical (unpaired) electrons. The molecule has 1 rings (SSSR count). The number of carbonyl (C=O) groups is 1. The van der Waals surface area contributed by atoms with E-state index in [9.17, 15) is 9.90 Å². The highest BCUT2D eigenvalue weighted by molar-refractivity contribution is 5.76. The van der Waals surface area contributed by atoms with Gasteiger partial charge in [-0.15, -0.1) is 0 Å². The third-order valence-electron chi connectivity index (χ3n) is 4.10. The number of hydrogen-bond acceptors (Lipinski definition) is 3. The molecule has 0 aliphatic rings. The number of rotatable bonds is 11. The van der Waals surface area contributed by atoms with Crippen LogP contribution >= 0.6 is 0 Å². The lowest BCUT2D eigenvalue weighted by Crippen LogP contribution is -2.34. The molecule has 0 saturated heterocycles. The second kappa shape index (κ2) is 11.1. The van der Waals surface area contributed by atoms with Crippen molar-refractivity contribution in [3.05, 3.63) is 29.8 Å². The Labute approximate surface area is 140 Å². The summed E-state index contributed by atoms with van der Waals surface area (Å²) in [7, 11) is 0. The van der Waals surface area contributed by atoms with Gasteiger partial charge < -0.3 is 15.7 Å². The van der Waals surface area contributed by atoms with Gasteiger partial charge in [-0.3, -0.25) is 4.79 Å². The number of aliphatic hydroxyl groups excluding tert-OH is 1. The van der Waals surface area contributed by atoms with Crippen LogP contribution in [0.2, 0.25) is 0 Å². The number of nitrogen functional groups attached to an aromatic ring is 1. The molecule has 0 heterocycles. The maximum Gasteiger partial charge on any atom is 0.225 e. The molecule has 23 heavy (non-hydrogen) atoms. The molecule has 1 unspecified atom stereocenters. The van der Waals surface area contributed by atoms with Crippen LogP contribution in [0.25, 0.3) is 0 Å². The number of unbranched alkanes of at least 4 members (excludes halogenated alkanes) is 4. The van der Waals surface area contributed by atoms with E-state index in [1.807, 2.05) is 36.1 Å². The van der Waals surface area contributed by atoms with Crippen molar-refractivity contribution < 1.29 is 9.90 Å². The lowest BCUT2D eigenvalue weighted by atomic mass is 10.0. The van der Waals surface area contributed by atoms with Crippen LogP contribution in [-0.4, -0.2) is 35.1 Å². The Bertz CT molecular complexity index is 462. The minimum absolute atomic E-state index is 0.0411. The zero-order valence-electron chi connectivity index (χ0n) is 14.6. The molecule has 1 atom stereocenters. The summed E-state index contributed by atoms with van der Waals surface area (Å²) < 4.78 is 0. The minimum Gasteiger partial charge on any atom is -0.399 e. The number of carbonyl (C=O) groups excluding carboxylic acids is 1. The van der Waals surface area contributed by atoms with Gasteiger partial charge in [0.2, 0.25) is 5.91 Å². The van der Waals surface area contributed by atoms with E-state index < -0.39 is 6.10 Å². The van der Waals surface area contributed by atoms with Gasteiger partial charge >= 0.3 is 0 Å². The van der Waals surface area contributed by atoms with Crippen LogP contribution in [0.15, 0.2) is 24.3 Å². The number of aliphatic hydroxyl groups is 1. The van der Waals surface area contributed by atoms with Crippen molar-refractivity contribution in [1.82, 2.24) is 4.90 Å². The van der Waals surface area contributed by atoms with Crippen LogP contribution in [0, 0.1) is 0 Å². The largest absolute Gasteiger partial charge is 0.399 e. The lowest BCUT2D eigenvalue weighted by Gasteiger charge is -2.22.